The zero-order valence-corrected chi connectivity index (χ0v) is 14.2. The molecule has 1 aromatic heterocycles. The molecule has 0 unspecified atom stereocenters. The third kappa shape index (κ3) is 2.53. The van der Waals surface area contributed by atoms with Crippen LogP contribution < -0.4 is 4.90 Å². The van der Waals surface area contributed by atoms with Gasteiger partial charge in [0.15, 0.2) is 0 Å². The summed E-state index contributed by atoms with van der Waals surface area (Å²) in [5.41, 5.74) is 4.14. The van der Waals surface area contributed by atoms with Gasteiger partial charge in [-0.15, -0.1) is 0 Å². The minimum absolute atomic E-state index is 0.539. The first kappa shape index (κ1) is 14.7. The van der Waals surface area contributed by atoms with Crippen LogP contribution in [0, 0.1) is 25.7 Å². The summed E-state index contributed by atoms with van der Waals surface area (Å²) in [6.07, 6.45) is 1.98. The largest absolute Gasteiger partial charge is 0.356 e. The summed E-state index contributed by atoms with van der Waals surface area (Å²) in [5.74, 6) is 2.58. The van der Waals surface area contributed by atoms with Gasteiger partial charge in [0.1, 0.15) is 5.82 Å². The van der Waals surface area contributed by atoms with E-state index in [9.17, 15) is 0 Å². The van der Waals surface area contributed by atoms with E-state index >= 15 is 0 Å². The normalized spacial score (nSPS) is 27.4. The second-order valence-electron chi connectivity index (χ2n) is 7.26. The second kappa shape index (κ2) is 5.64. The van der Waals surface area contributed by atoms with E-state index in [1.54, 1.807) is 0 Å². The van der Waals surface area contributed by atoms with E-state index in [0.717, 1.165) is 24.8 Å². The average molecular weight is 307 g/mol. The van der Waals surface area contributed by atoms with Crippen molar-refractivity contribution in [1.82, 2.24) is 9.88 Å². The Morgan fingerprint density at radius 3 is 2.57 bits per heavy atom. The van der Waals surface area contributed by atoms with Gasteiger partial charge in [-0.2, -0.15) is 0 Å². The Labute approximate surface area is 139 Å². The molecule has 0 bridgehead atoms. The molecule has 0 amide bonds. The van der Waals surface area contributed by atoms with E-state index in [1.807, 2.05) is 6.20 Å². The quantitative estimate of drug-likeness (QED) is 0.847. The molecule has 3 nitrogen and oxygen atoms in total. The molecule has 4 rings (SSSR count). The first-order valence-electron chi connectivity index (χ1n) is 8.57. The molecular formula is C20H25N3. The molecule has 2 saturated heterocycles. The van der Waals surface area contributed by atoms with Crippen LogP contribution in [0.5, 0.6) is 0 Å². The van der Waals surface area contributed by atoms with Gasteiger partial charge in [0.25, 0.3) is 0 Å². The molecule has 3 heterocycles. The number of rotatable bonds is 2. The predicted octanol–water partition coefficient (Wildman–Crippen LogP) is 3.44. The van der Waals surface area contributed by atoms with E-state index < -0.39 is 0 Å². The number of aromatic nitrogens is 1. The smallest absolute Gasteiger partial charge is 0.128 e. The van der Waals surface area contributed by atoms with Crippen LogP contribution in [0.25, 0.3) is 0 Å². The molecule has 0 saturated carbocycles. The van der Waals surface area contributed by atoms with Crippen LogP contribution in [0.3, 0.4) is 0 Å². The number of likely N-dealkylation sites (tertiary alicyclic amines) is 1. The van der Waals surface area contributed by atoms with Crippen molar-refractivity contribution in [2.45, 2.75) is 19.9 Å². The fourth-order valence-electron chi connectivity index (χ4n) is 4.48. The van der Waals surface area contributed by atoms with Crippen LogP contribution in [-0.2, 0) is 0 Å². The molecule has 2 aliphatic heterocycles. The second-order valence-corrected chi connectivity index (χ2v) is 7.26. The van der Waals surface area contributed by atoms with Gasteiger partial charge >= 0.3 is 0 Å². The number of anilines is 1. The Bertz CT molecular complexity index is 694. The van der Waals surface area contributed by atoms with Crippen LogP contribution in [-0.4, -0.2) is 36.6 Å². The van der Waals surface area contributed by atoms with Crippen LogP contribution in [0.4, 0.5) is 5.82 Å². The molecule has 0 radical (unpaired) electrons. The molecule has 23 heavy (non-hydrogen) atoms. The Balaban J connectivity index is 1.60. The van der Waals surface area contributed by atoms with Gasteiger partial charge in [0, 0.05) is 37.8 Å². The topological polar surface area (TPSA) is 19.4 Å². The summed E-state index contributed by atoms with van der Waals surface area (Å²) in [6, 6.07) is 13.7. The molecule has 2 aliphatic rings. The first-order valence-corrected chi connectivity index (χ1v) is 8.57. The maximum atomic E-state index is 4.63. The molecule has 0 aliphatic carbocycles. The first-order chi connectivity index (χ1) is 11.1. The highest BCUT2D eigenvalue weighted by atomic mass is 15.3. The Hall–Kier alpha value is -1.87. The van der Waals surface area contributed by atoms with Crippen molar-refractivity contribution in [2.24, 2.45) is 11.8 Å². The lowest BCUT2D eigenvalue weighted by Crippen LogP contribution is -2.29. The van der Waals surface area contributed by atoms with Gasteiger partial charge in [-0.1, -0.05) is 30.3 Å². The minimum atomic E-state index is 0.539. The molecule has 120 valence electrons. The van der Waals surface area contributed by atoms with Gasteiger partial charge in [-0.05, 0) is 49.6 Å². The van der Waals surface area contributed by atoms with E-state index in [1.165, 1.54) is 23.2 Å². The molecule has 2 fully saturated rings. The van der Waals surface area contributed by atoms with Crippen LogP contribution >= 0.6 is 0 Å². The van der Waals surface area contributed by atoms with E-state index in [0.29, 0.717) is 12.0 Å². The lowest BCUT2D eigenvalue weighted by molar-refractivity contribution is 0.279. The van der Waals surface area contributed by atoms with Gasteiger partial charge < -0.3 is 4.90 Å². The van der Waals surface area contributed by atoms with Crippen molar-refractivity contribution in [3.05, 3.63) is 59.3 Å². The zero-order chi connectivity index (χ0) is 16.0. The monoisotopic (exact) mass is 307 g/mol. The lowest BCUT2D eigenvalue weighted by atomic mass is 9.88. The summed E-state index contributed by atoms with van der Waals surface area (Å²) in [7, 11) is 2.28. The van der Waals surface area contributed by atoms with Crippen molar-refractivity contribution in [2.75, 3.05) is 31.6 Å². The number of pyridine rings is 1. The number of aryl methyl sites for hydroxylation is 2. The highest BCUT2D eigenvalue weighted by Gasteiger charge is 2.46. The van der Waals surface area contributed by atoms with Crippen molar-refractivity contribution >= 4 is 5.82 Å². The van der Waals surface area contributed by atoms with Crippen molar-refractivity contribution in [1.29, 1.82) is 0 Å². The van der Waals surface area contributed by atoms with Crippen molar-refractivity contribution < 1.29 is 0 Å². The maximum Gasteiger partial charge on any atom is 0.128 e. The lowest BCUT2D eigenvalue weighted by Gasteiger charge is -2.28. The predicted molar refractivity (Wildman–Crippen MR) is 94.7 cm³/mol. The summed E-state index contributed by atoms with van der Waals surface area (Å²) in [5, 5.41) is 0. The average Bonchev–Trinajstić information content (AvgIpc) is 3.06. The number of nitrogens with zero attached hydrogens (tertiary/aromatic N) is 3. The van der Waals surface area contributed by atoms with Crippen LogP contribution in [0.15, 0.2) is 42.6 Å². The summed E-state index contributed by atoms with van der Waals surface area (Å²) < 4.78 is 0. The summed E-state index contributed by atoms with van der Waals surface area (Å²) in [4.78, 5) is 9.67. The number of hydrogen-bond acceptors (Lipinski definition) is 3. The SMILES string of the molecule is Cc1ccc(N2C[C@@H]3CN(C)[C@H](c4ccccc4C)[C@@H]3C2)nc1. The van der Waals surface area contributed by atoms with Crippen molar-refractivity contribution in [3.63, 3.8) is 0 Å². The van der Waals surface area contributed by atoms with Gasteiger partial charge in [0.2, 0.25) is 0 Å². The van der Waals surface area contributed by atoms with E-state index in [-0.39, 0.29) is 0 Å². The number of fused-ring (bicyclic) bond motifs is 1. The van der Waals surface area contributed by atoms with E-state index in [2.05, 4.69) is 72.1 Å². The standard InChI is InChI=1S/C20H25N3/c1-14-8-9-19(21-10-14)23-12-16-11-22(3)20(18(16)13-23)17-7-5-4-6-15(17)2/h4-10,16,18,20H,11-13H2,1-3H3/t16-,18+,20+/m0/s1. The van der Waals surface area contributed by atoms with Gasteiger partial charge in [-0.3, -0.25) is 4.90 Å². The minimum Gasteiger partial charge on any atom is -0.356 e. The van der Waals surface area contributed by atoms with Crippen LogP contribution in [0.2, 0.25) is 0 Å². The molecule has 2 aromatic rings. The highest BCUT2D eigenvalue weighted by Crippen LogP contribution is 2.45. The third-order valence-electron chi connectivity index (χ3n) is 5.62. The van der Waals surface area contributed by atoms with Gasteiger partial charge in [0.05, 0.1) is 0 Å². The van der Waals surface area contributed by atoms with Gasteiger partial charge in [-0.25, -0.2) is 4.98 Å². The Morgan fingerprint density at radius 1 is 1.00 bits per heavy atom. The van der Waals surface area contributed by atoms with Crippen molar-refractivity contribution in [3.8, 4) is 0 Å². The summed E-state index contributed by atoms with van der Waals surface area (Å²) in [6.45, 7) is 7.77. The third-order valence-corrected chi connectivity index (χ3v) is 5.62. The molecule has 1 aromatic carbocycles. The molecule has 0 spiro atoms. The van der Waals surface area contributed by atoms with Crippen LogP contribution in [0.1, 0.15) is 22.7 Å². The zero-order valence-electron chi connectivity index (χ0n) is 14.2. The molecular weight excluding hydrogens is 282 g/mol. The summed E-state index contributed by atoms with van der Waals surface area (Å²) >= 11 is 0. The number of hydrogen-bond donors (Lipinski definition) is 0. The Morgan fingerprint density at radius 2 is 1.83 bits per heavy atom. The fourth-order valence-corrected chi connectivity index (χ4v) is 4.48. The maximum absolute atomic E-state index is 4.63. The molecule has 3 atom stereocenters. The van der Waals surface area contributed by atoms with E-state index in [4.69, 9.17) is 0 Å². The number of benzene rings is 1. The molecule has 0 N–H and O–H groups in total. The fraction of sp³-hybridized carbons (Fsp3) is 0.450. The Kier molecular flexibility index (Phi) is 3.61. The molecule has 3 heteroatoms. The highest BCUT2D eigenvalue weighted by molar-refractivity contribution is 5.42.